The van der Waals surface area contributed by atoms with Crippen molar-refractivity contribution in [2.45, 2.75) is 47.1 Å². The maximum absolute atomic E-state index is 13.0. The molecule has 1 fully saturated rings. The highest BCUT2D eigenvalue weighted by Gasteiger charge is 2.35. The van der Waals surface area contributed by atoms with Crippen LogP contribution in [0.2, 0.25) is 0 Å². The van der Waals surface area contributed by atoms with Crippen LogP contribution in [-0.4, -0.2) is 43.1 Å². The molecule has 0 aromatic heterocycles. The molecule has 0 bridgehead atoms. The normalized spacial score (nSPS) is 25.4. The van der Waals surface area contributed by atoms with Crippen LogP contribution in [0.1, 0.15) is 49.9 Å². The third-order valence-electron chi connectivity index (χ3n) is 5.72. The second-order valence-electron chi connectivity index (χ2n) is 8.64. The van der Waals surface area contributed by atoms with Gasteiger partial charge in [0.15, 0.2) is 0 Å². The maximum Gasteiger partial charge on any atom is 0.338 e. The number of amides is 2. The van der Waals surface area contributed by atoms with E-state index in [1.165, 1.54) is 6.42 Å². The molecule has 1 aromatic rings. The Morgan fingerprint density at radius 1 is 1.21 bits per heavy atom. The van der Waals surface area contributed by atoms with Crippen molar-refractivity contribution in [3.05, 3.63) is 46.2 Å². The van der Waals surface area contributed by atoms with Crippen LogP contribution in [0.4, 0.5) is 4.79 Å². The highest BCUT2D eigenvalue weighted by Crippen LogP contribution is 2.31. The van der Waals surface area contributed by atoms with E-state index in [0.717, 1.165) is 29.8 Å². The summed E-state index contributed by atoms with van der Waals surface area (Å²) in [5.41, 5.74) is 4.21. The second kappa shape index (κ2) is 8.99. The smallest absolute Gasteiger partial charge is 0.338 e. The lowest BCUT2D eigenvalue weighted by molar-refractivity contribution is -0.139. The molecule has 158 valence electrons. The van der Waals surface area contributed by atoms with E-state index in [0.29, 0.717) is 36.3 Å². The Balaban J connectivity index is 2.02. The number of rotatable bonds is 5. The molecule has 1 aromatic carbocycles. The van der Waals surface area contributed by atoms with Gasteiger partial charge in [-0.05, 0) is 50.2 Å². The van der Waals surface area contributed by atoms with Gasteiger partial charge < -0.3 is 15.4 Å². The minimum absolute atomic E-state index is 0.280. The molecule has 6 nitrogen and oxygen atoms in total. The molecule has 6 heteroatoms. The molecule has 2 amide bonds. The summed E-state index contributed by atoms with van der Waals surface area (Å²) in [6.07, 6.45) is 1.21. The van der Waals surface area contributed by atoms with Crippen LogP contribution in [-0.2, 0) is 9.53 Å². The van der Waals surface area contributed by atoms with Crippen LogP contribution in [0.15, 0.2) is 29.5 Å². The molecule has 2 aliphatic heterocycles. The van der Waals surface area contributed by atoms with Gasteiger partial charge in [0.1, 0.15) is 0 Å². The Labute approximate surface area is 173 Å². The number of nitrogens with zero attached hydrogens (tertiary/aromatic N) is 1. The van der Waals surface area contributed by atoms with E-state index in [2.05, 4.69) is 29.4 Å². The van der Waals surface area contributed by atoms with Crippen molar-refractivity contribution in [1.29, 1.82) is 0 Å². The van der Waals surface area contributed by atoms with Gasteiger partial charge in [-0.1, -0.05) is 37.6 Å². The number of piperidine rings is 1. The Morgan fingerprint density at radius 3 is 2.55 bits per heavy atom. The monoisotopic (exact) mass is 399 g/mol. The number of urea groups is 1. The quantitative estimate of drug-likeness (QED) is 0.744. The lowest BCUT2D eigenvalue weighted by Crippen LogP contribution is -2.50. The van der Waals surface area contributed by atoms with E-state index in [4.69, 9.17) is 4.74 Å². The van der Waals surface area contributed by atoms with Crippen molar-refractivity contribution < 1.29 is 14.3 Å². The van der Waals surface area contributed by atoms with Crippen molar-refractivity contribution in [1.82, 2.24) is 15.5 Å². The maximum atomic E-state index is 13.0. The molecule has 2 N–H and O–H groups in total. The topological polar surface area (TPSA) is 70.7 Å². The minimum atomic E-state index is -0.516. The van der Waals surface area contributed by atoms with Gasteiger partial charge in [0.05, 0.1) is 18.2 Å². The molecular weight excluding hydrogens is 366 g/mol. The molecule has 0 spiro atoms. The van der Waals surface area contributed by atoms with Crippen molar-refractivity contribution >= 4 is 12.0 Å². The molecule has 3 atom stereocenters. The Hall–Kier alpha value is -2.34. The summed E-state index contributed by atoms with van der Waals surface area (Å²) in [7, 11) is 0. The number of carbonyl (C=O) groups excluding carboxylic acids is 2. The van der Waals surface area contributed by atoms with E-state index < -0.39 is 6.04 Å². The zero-order valence-electron chi connectivity index (χ0n) is 18.2. The standard InChI is InChI=1S/C23H33N3O3/c1-6-29-22(27)20-19(13-26-11-15(3)9-16(4)12-26)24-23(28)25-21(20)18-10-14(2)7-8-17(18)5/h7-8,10,15-16,21H,6,9,11-13H2,1-5H3,(H2,24,25,28)/t15-,16+,21-/m0/s1. The lowest BCUT2D eigenvalue weighted by atomic mass is 9.89. The predicted octanol–water partition coefficient (Wildman–Crippen LogP) is 3.45. The molecule has 0 saturated carbocycles. The van der Waals surface area contributed by atoms with Crippen LogP contribution in [0.5, 0.6) is 0 Å². The first-order valence-electron chi connectivity index (χ1n) is 10.6. The number of likely N-dealkylation sites (tertiary alicyclic amines) is 1. The summed E-state index contributed by atoms with van der Waals surface area (Å²) in [5.74, 6) is 0.814. The summed E-state index contributed by atoms with van der Waals surface area (Å²) >= 11 is 0. The molecule has 0 radical (unpaired) electrons. The fraction of sp³-hybridized carbons (Fsp3) is 0.565. The lowest BCUT2D eigenvalue weighted by Gasteiger charge is -2.37. The van der Waals surface area contributed by atoms with Crippen LogP contribution in [0.25, 0.3) is 0 Å². The molecule has 3 rings (SSSR count). The van der Waals surface area contributed by atoms with Gasteiger partial charge >= 0.3 is 12.0 Å². The predicted molar refractivity (Wildman–Crippen MR) is 113 cm³/mol. The zero-order valence-corrected chi connectivity index (χ0v) is 18.2. The van der Waals surface area contributed by atoms with Crippen molar-refractivity contribution in [3.8, 4) is 0 Å². The zero-order chi connectivity index (χ0) is 21.1. The largest absolute Gasteiger partial charge is 0.463 e. The van der Waals surface area contributed by atoms with Gasteiger partial charge in [-0.25, -0.2) is 9.59 Å². The molecule has 0 aliphatic carbocycles. The molecule has 1 saturated heterocycles. The van der Waals surface area contributed by atoms with E-state index in [1.54, 1.807) is 6.92 Å². The van der Waals surface area contributed by atoms with Gasteiger partial charge in [-0.3, -0.25) is 4.90 Å². The Bertz CT molecular complexity index is 808. The minimum Gasteiger partial charge on any atom is -0.463 e. The molecule has 0 unspecified atom stereocenters. The summed E-state index contributed by atoms with van der Waals surface area (Å²) in [6.45, 7) is 13.1. The number of hydrogen-bond donors (Lipinski definition) is 2. The van der Waals surface area contributed by atoms with Crippen molar-refractivity contribution in [3.63, 3.8) is 0 Å². The van der Waals surface area contributed by atoms with E-state index in [-0.39, 0.29) is 12.0 Å². The average molecular weight is 400 g/mol. The first-order valence-corrected chi connectivity index (χ1v) is 10.6. The molecule has 2 aliphatic rings. The van der Waals surface area contributed by atoms with Gasteiger partial charge in [-0.2, -0.15) is 0 Å². The van der Waals surface area contributed by atoms with Crippen LogP contribution in [0, 0.1) is 25.7 Å². The first-order chi connectivity index (χ1) is 13.8. The Morgan fingerprint density at radius 2 is 1.90 bits per heavy atom. The van der Waals surface area contributed by atoms with Crippen molar-refractivity contribution in [2.24, 2.45) is 11.8 Å². The molecule has 2 heterocycles. The van der Waals surface area contributed by atoms with Gasteiger partial charge in [0.2, 0.25) is 0 Å². The number of ether oxygens (including phenoxy) is 1. The van der Waals surface area contributed by atoms with E-state index in [1.807, 2.05) is 32.0 Å². The van der Waals surface area contributed by atoms with E-state index >= 15 is 0 Å². The van der Waals surface area contributed by atoms with Crippen LogP contribution in [0.3, 0.4) is 0 Å². The molecular formula is C23H33N3O3. The summed E-state index contributed by atoms with van der Waals surface area (Å²) in [5, 5.41) is 5.85. The number of carbonyl (C=O) groups is 2. The molecule has 29 heavy (non-hydrogen) atoms. The number of nitrogens with one attached hydrogen (secondary N) is 2. The fourth-order valence-corrected chi connectivity index (χ4v) is 4.64. The van der Waals surface area contributed by atoms with Gasteiger partial charge in [-0.15, -0.1) is 0 Å². The summed E-state index contributed by atoms with van der Waals surface area (Å²) < 4.78 is 5.39. The number of aryl methyl sites for hydroxylation is 2. The number of esters is 1. The van der Waals surface area contributed by atoms with Gasteiger partial charge in [0.25, 0.3) is 0 Å². The Kier molecular flexibility index (Phi) is 6.63. The van der Waals surface area contributed by atoms with Crippen LogP contribution >= 0.6 is 0 Å². The first kappa shape index (κ1) is 21.4. The third kappa shape index (κ3) is 4.99. The number of hydrogen-bond acceptors (Lipinski definition) is 4. The third-order valence-corrected chi connectivity index (χ3v) is 5.72. The van der Waals surface area contributed by atoms with Gasteiger partial charge in [0, 0.05) is 25.3 Å². The summed E-state index contributed by atoms with van der Waals surface area (Å²) in [4.78, 5) is 27.8. The second-order valence-corrected chi connectivity index (χ2v) is 8.64. The highest BCUT2D eigenvalue weighted by atomic mass is 16.5. The van der Waals surface area contributed by atoms with Crippen LogP contribution < -0.4 is 10.6 Å². The SMILES string of the molecule is CCOC(=O)C1=C(CN2C[C@H](C)C[C@H](C)C2)NC(=O)N[C@H]1c1cc(C)ccc1C. The average Bonchev–Trinajstić information content (AvgIpc) is 2.62. The van der Waals surface area contributed by atoms with Crippen molar-refractivity contribution in [2.75, 3.05) is 26.2 Å². The van der Waals surface area contributed by atoms with E-state index in [9.17, 15) is 9.59 Å². The summed E-state index contributed by atoms with van der Waals surface area (Å²) in [6, 6.07) is 5.30. The highest BCUT2D eigenvalue weighted by molar-refractivity contribution is 5.95. The fourth-order valence-electron chi connectivity index (χ4n) is 4.64. The number of benzene rings is 1.